The Morgan fingerprint density at radius 3 is 2.67 bits per heavy atom. The Bertz CT molecular complexity index is 886. The highest BCUT2D eigenvalue weighted by Crippen LogP contribution is 2.40. The Balaban J connectivity index is 2.23. The lowest BCUT2D eigenvalue weighted by atomic mass is 9.96. The summed E-state index contributed by atoms with van der Waals surface area (Å²) in [6, 6.07) is 9.28. The van der Waals surface area contributed by atoms with Gasteiger partial charge in [-0.3, -0.25) is 0 Å². The van der Waals surface area contributed by atoms with E-state index in [9.17, 15) is 10.5 Å². The van der Waals surface area contributed by atoms with Crippen molar-refractivity contribution in [2.75, 3.05) is 24.9 Å². The van der Waals surface area contributed by atoms with E-state index < -0.39 is 0 Å². The van der Waals surface area contributed by atoms with Gasteiger partial charge in [0.2, 0.25) is 6.79 Å². The molecular weight excluding hydrogens is 328 g/mol. The van der Waals surface area contributed by atoms with Crippen molar-refractivity contribution in [3.63, 3.8) is 0 Å². The van der Waals surface area contributed by atoms with E-state index in [0.29, 0.717) is 33.4 Å². The van der Waals surface area contributed by atoms with Gasteiger partial charge in [0.1, 0.15) is 28.5 Å². The highest BCUT2D eigenvalue weighted by atomic mass is 32.2. The smallest absolute Gasteiger partial charge is 0.231 e. The molecule has 1 aliphatic rings. The summed E-state index contributed by atoms with van der Waals surface area (Å²) in [7, 11) is 0. The van der Waals surface area contributed by atoms with E-state index in [4.69, 9.17) is 20.3 Å². The van der Waals surface area contributed by atoms with Gasteiger partial charge in [0.25, 0.3) is 0 Å². The fraction of sp³-hybridized carbons (Fsp3) is 0.188. The zero-order chi connectivity index (χ0) is 17.1. The van der Waals surface area contributed by atoms with Crippen LogP contribution in [0.4, 0.5) is 5.82 Å². The molecule has 1 aliphatic heterocycles. The summed E-state index contributed by atoms with van der Waals surface area (Å²) < 4.78 is 10.6. The lowest BCUT2D eigenvalue weighted by Gasteiger charge is -2.13. The lowest BCUT2D eigenvalue weighted by Crippen LogP contribution is -2.04. The first-order valence-electron chi connectivity index (χ1n) is 6.97. The average Bonchev–Trinajstić information content (AvgIpc) is 3.06. The van der Waals surface area contributed by atoms with E-state index in [-0.39, 0.29) is 30.3 Å². The molecule has 0 amide bonds. The van der Waals surface area contributed by atoms with Gasteiger partial charge in [-0.25, -0.2) is 4.98 Å². The first kappa shape index (κ1) is 15.9. The number of nitriles is 2. The molecule has 1 aromatic heterocycles. The van der Waals surface area contributed by atoms with Crippen molar-refractivity contribution in [1.29, 1.82) is 10.5 Å². The number of rotatable bonds is 4. The minimum Gasteiger partial charge on any atom is -0.454 e. The van der Waals surface area contributed by atoms with E-state index in [0.717, 1.165) is 0 Å². The van der Waals surface area contributed by atoms with Crippen LogP contribution >= 0.6 is 11.8 Å². The van der Waals surface area contributed by atoms with E-state index >= 15 is 0 Å². The van der Waals surface area contributed by atoms with Crippen molar-refractivity contribution < 1.29 is 14.6 Å². The second-order valence-electron chi connectivity index (χ2n) is 4.79. The summed E-state index contributed by atoms with van der Waals surface area (Å²) >= 11 is 1.21. The number of aliphatic hydroxyl groups excluding tert-OH is 1. The molecule has 3 rings (SSSR count). The number of hydrogen-bond acceptors (Lipinski definition) is 8. The third kappa shape index (κ3) is 2.69. The van der Waals surface area contributed by atoms with Gasteiger partial charge < -0.3 is 20.3 Å². The molecule has 0 saturated heterocycles. The normalized spacial score (nSPS) is 11.8. The average molecular weight is 340 g/mol. The third-order valence-electron chi connectivity index (χ3n) is 3.41. The number of nitrogens with zero attached hydrogens (tertiary/aromatic N) is 3. The first-order valence-corrected chi connectivity index (χ1v) is 7.95. The molecular formula is C16H12N4O3S. The fourth-order valence-corrected chi connectivity index (χ4v) is 3.13. The molecule has 0 unspecified atom stereocenters. The maximum atomic E-state index is 9.59. The van der Waals surface area contributed by atoms with E-state index in [1.165, 1.54) is 11.8 Å². The van der Waals surface area contributed by atoms with Crippen molar-refractivity contribution in [3.05, 3.63) is 29.3 Å². The van der Waals surface area contributed by atoms with Crippen molar-refractivity contribution in [2.45, 2.75) is 5.03 Å². The predicted octanol–water partition coefficient (Wildman–Crippen LogP) is 1.89. The zero-order valence-electron chi connectivity index (χ0n) is 12.4. The van der Waals surface area contributed by atoms with Crippen LogP contribution in [0, 0.1) is 22.7 Å². The molecule has 0 bridgehead atoms. The second-order valence-corrected chi connectivity index (χ2v) is 5.87. The van der Waals surface area contributed by atoms with Gasteiger partial charge in [-0.15, -0.1) is 11.8 Å². The maximum absolute atomic E-state index is 9.59. The number of nitrogen functional groups attached to an aromatic ring is 1. The van der Waals surface area contributed by atoms with Gasteiger partial charge >= 0.3 is 0 Å². The largest absolute Gasteiger partial charge is 0.454 e. The van der Waals surface area contributed by atoms with Gasteiger partial charge in [0, 0.05) is 11.3 Å². The number of nitrogens with two attached hydrogens (primary N) is 1. The SMILES string of the molecule is N#Cc1c(N)nc(SCCO)c(C#N)c1-c1ccc2c(c1)OCO2. The molecule has 7 nitrogen and oxygen atoms in total. The monoisotopic (exact) mass is 340 g/mol. The van der Waals surface area contributed by atoms with Gasteiger partial charge in [-0.2, -0.15) is 10.5 Å². The Hall–Kier alpha value is -2.94. The van der Waals surface area contributed by atoms with E-state index in [1.807, 2.05) is 6.07 Å². The summed E-state index contributed by atoms with van der Waals surface area (Å²) in [4.78, 5) is 4.14. The molecule has 2 heterocycles. The quantitative estimate of drug-likeness (QED) is 0.808. The van der Waals surface area contributed by atoms with Crippen LogP contribution in [0.3, 0.4) is 0 Å². The van der Waals surface area contributed by atoms with Crippen LogP contribution in [0.2, 0.25) is 0 Å². The standard InChI is InChI=1S/C16H12N4O3S/c17-6-10-14(9-1-2-12-13(5-9)23-8-22-12)11(7-18)16(20-15(10)19)24-4-3-21/h1-2,5,21H,3-4,8H2,(H2,19,20). The minimum atomic E-state index is -0.0590. The molecule has 2 aromatic rings. The van der Waals surface area contributed by atoms with Crippen LogP contribution in [0.25, 0.3) is 11.1 Å². The van der Waals surface area contributed by atoms with Crippen LogP contribution in [-0.2, 0) is 0 Å². The van der Waals surface area contributed by atoms with Crippen LogP contribution in [0.15, 0.2) is 23.2 Å². The van der Waals surface area contributed by atoms with Crippen LogP contribution in [0.1, 0.15) is 11.1 Å². The van der Waals surface area contributed by atoms with Crippen LogP contribution in [0.5, 0.6) is 11.5 Å². The van der Waals surface area contributed by atoms with Crippen molar-refractivity contribution in [2.24, 2.45) is 0 Å². The molecule has 24 heavy (non-hydrogen) atoms. The minimum absolute atomic E-state index is 0.0459. The molecule has 1 aromatic carbocycles. The second kappa shape index (κ2) is 6.67. The topological polar surface area (TPSA) is 125 Å². The van der Waals surface area contributed by atoms with Crippen molar-refractivity contribution in [1.82, 2.24) is 4.98 Å². The molecule has 0 spiro atoms. The summed E-state index contributed by atoms with van der Waals surface area (Å²) in [6.45, 7) is 0.0710. The molecule has 0 aliphatic carbocycles. The third-order valence-corrected chi connectivity index (χ3v) is 4.36. The van der Waals surface area contributed by atoms with Gasteiger partial charge in [-0.05, 0) is 17.7 Å². The number of fused-ring (bicyclic) bond motifs is 1. The Morgan fingerprint density at radius 1 is 1.21 bits per heavy atom. The molecule has 0 fully saturated rings. The van der Waals surface area contributed by atoms with Gasteiger partial charge in [0.05, 0.1) is 12.2 Å². The van der Waals surface area contributed by atoms with E-state index in [2.05, 4.69) is 11.1 Å². The van der Waals surface area contributed by atoms with Crippen molar-refractivity contribution >= 4 is 17.6 Å². The number of pyridine rings is 1. The number of thioether (sulfide) groups is 1. The van der Waals surface area contributed by atoms with Crippen LogP contribution in [-0.4, -0.2) is 29.2 Å². The Morgan fingerprint density at radius 2 is 1.96 bits per heavy atom. The van der Waals surface area contributed by atoms with Gasteiger partial charge in [-0.1, -0.05) is 6.07 Å². The molecule has 8 heteroatoms. The Labute approximate surface area is 142 Å². The van der Waals surface area contributed by atoms with Gasteiger partial charge in [0.15, 0.2) is 11.5 Å². The number of hydrogen-bond donors (Lipinski definition) is 2. The Kier molecular flexibility index (Phi) is 4.43. The predicted molar refractivity (Wildman–Crippen MR) is 87.4 cm³/mol. The summed E-state index contributed by atoms with van der Waals surface area (Å²) in [6.07, 6.45) is 0. The summed E-state index contributed by atoms with van der Waals surface area (Å²) in [5.74, 6) is 1.56. The molecule has 3 N–H and O–H groups in total. The summed E-state index contributed by atoms with van der Waals surface area (Å²) in [5, 5.41) is 28.4. The molecule has 0 atom stereocenters. The first-order chi connectivity index (χ1) is 11.7. The number of benzene rings is 1. The highest BCUT2D eigenvalue weighted by Gasteiger charge is 2.22. The number of ether oxygens (including phenoxy) is 2. The summed E-state index contributed by atoms with van der Waals surface area (Å²) in [5.41, 5.74) is 7.32. The van der Waals surface area contributed by atoms with E-state index in [1.54, 1.807) is 18.2 Å². The molecule has 120 valence electrons. The highest BCUT2D eigenvalue weighted by molar-refractivity contribution is 7.99. The number of aliphatic hydroxyl groups is 1. The lowest BCUT2D eigenvalue weighted by molar-refractivity contribution is 0.174. The number of aromatic nitrogens is 1. The zero-order valence-corrected chi connectivity index (χ0v) is 13.3. The van der Waals surface area contributed by atoms with Crippen LogP contribution < -0.4 is 15.2 Å². The van der Waals surface area contributed by atoms with Crippen molar-refractivity contribution in [3.8, 4) is 34.8 Å². The maximum Gasteiger partial charge on any atom is 0.231 e. The number of anilines is 1. The molecule has 0 radical (unpaired) electrons. The fourth-order valence-electron chi connectivity index (χ4n) is 2.39. The molecule has 0 saturated carbocycles.